The van der Waals surface area contributed by atoms with Crippen LogP contribution in [0, 0.1) is 0 Å². The van der Waals surface area contributed by atoms with Crippen LogP contribution < -0.4 is 5.32 Å². The Morgan fingerprint density at radius 2 is 2.47 bits per heavy atom. The lowest BCUT2D eigenvalue weighted by Gasteiger charge is -2.11. The average molecular weight is 251 g/mol. The number of hydrogen-bond donors (Lipinski definition) is 1. The molecule has 1 atom stereocenters. The molecule has 0 saturated carbocycles. The molecule has 0 amide bonds. The molecule has 0 aromatic carbocycles. The van der Waals surface area contributed by atoms with Gasteiger partial charge in [0.15, 0.2) is 0 Å². The molecule has 5 heteroatoms. The quantitative estimate of drug-likeness (QED) is 0.858. The third-order valence-electron chi connectivity index (χ3n) is 2.51. The zero-order valence-corrected chi connectivity index (χ0v) is 10.9. The molecule has 17 heavy (non-hydrogen) atoms. The highest BCUT2D eigenvalue weighted by Gasteiger charge is 2.07. The van der Waals surface area contributed by atoms with Gasteiger partial charge in [0, 0.05) is 18.2 Å². The van der Waals surface area contributed by atoms with Crippen LogP contribution in [0.2, 0.25) is 0 Å². The first-order chi connectivity index (χ1) is 8.29. The Morgan fingerprint density at radius 3 is 3.18 bits per heavy atom. The number of ether oxygens (including phenoxy) is 1. The Labute approximate surface area is 105 Å². The first-order valence-electron chi connectivity index (χ1n) is 5.61. The van der Waals surface area contributed by atoms with Crippen LogP contribution in [0.4, 0.5) is 5.69 Å². The monoisotopic (exact) mass is 251 g/mol. The van der Waals surface area contributed by atoms with Crippen molar-refractivity contribution in [3.63, 3.8) is 0 Å². The first kappa shape index (κ1) is 12.1. The highest BCUT2D eigenvalue weighted by atomic mass is 32.1. The SMILES string of the molecule is COCCn1cc(NC(C)c2cccs2)cn1. The molecule has 2 aromatic rings. The van der Waals surface area contributed by atoms with E-state index >= 15 is 0 Å². The molecule has 0 aliphatic heterocycles. The van der Waals surface area contributed by atoms with Gasteiger partial charge in [-0.3, -0.25) is 4.68 Å². The summed E-state index contributed by atoms with van der Waals surface area (Å²) in [6.07, 6.45) is 3.85. The van der Waals surface area contributed by atoms with Gasteiger partial charge in [0.1, 0.15) is 0 Å². The molecule has 0 spiro atoms. The van der Waals surface area contributed by atoms with Gasteiger partial charge in [0.25, 0.3) is 0 Å². The number of hydrogen-bond acceptors (Lipinski definition) is 4. The third-order valence-corrected chi connectivity index (χ3v) is 3.57. The van der Waals surface area contributed by atoms with Crippen molar-refractivity contribution >= 4 is 17.0 Å². The van der Waals surface area contributed by atoms with Crippen molar-refractivity contribution in [3.05, 3.63) is 34.8 Å². The van der Waals surface area contributed by atoms with E-state index in [2.05, 4.69) is 34.9 Å². The van der Waals surface area contributed by atoms with Gasteiger partial charge < -0.3 is 10.1 Å². The molecule has 2 aromatic heterocycles. The molecule has 0 bridgehead atoms. The number of anilines is 1. The molecule has 0 aliphatic rings. The van der Waals surface area contributed by atoms with Crippen LogP contribution in [-0.4, -0.2) is 23.5 Å². The Balaban J connectivity index is 1.92. The summed E-state index contributed by atoms with van der Waals surface area (Å²) in [6.45, 7) is 3.62. The summed E-state index contributed by atoms with van der Waals surface area (Å²) in [6, 6.07) is 4.52. The van der Waals surface area contributed by atoms with Gasteiger partial charge in [0.05, 0.1) is 31.1 Å². The van der Waals surface area contributed by atoms with Crippen LogP contribution in [0.15, 0.2) is 29.9 Å². The summed E-state index contributed by atoms with van der Waals surface area (Å²) < 4.78 is 6.90. The zero-order valence-electron chi connectivity index (χ0n) is 10.1. The predicted octanol–water partition coefficient (Wildman–Crippen LogP) is 2.76. The predicted molar refractivity (Wildman–Crippen MR) is 70.5 cm³/mol. The maximum Gasteiger partial charge on any atom is 0.0731 e. The molecule has 4 nitrogen and oxygen atoms in total. The van der Waals surface area contributed by atoms with Crippen LogP contribution in [0.25, 0.3) is 0 Å². The van der Waals surface area contributed by atoms with E-state index in [-0.39, 0.29) is 0 Å². The average Bonchev–Trinajstić information content (AvgIpc) is 2.97. The minimum atomic E-state index is 0.315. The Hall–Kier alpha value is -1.33. The van der Waals surface area contributed by atoms with E-state index in [1.54, 1.807) is 18.4 Å². The fraction of sp³-hybridized carbons (Fsp3) is 0.417. The maximum atomic E-state index is 5.02. The minimum Gasteiger partial charge on any atom is -0.383 e. The van der Waals surface area contributed by atoms with E-state index in [0.717, 1.165) is 12.2 Å². The molecule has 0 aliphatic carbocycles. The second-order valence-corrected chi connectivity index (χ2v) is 4.85. The van der Waals surface area contributed by atoms with Crippen LogP contribution in [0.3, 0.4) is 0 Å². The van der Waals surface area contributed by atoms with Gasteiger partial charge in [-0.25, -0.2) is 0 Å². The minimum absolute atomic E-state index is 0.315. The Kier molecular flexibility index (Phi) is 4.17. The lowest BCUT2D eigenvalue weighted by Crippen LogP contribution is -2.05. The number of nitrogens with zero attached hydrogens (tertiary/aromatic N) is 2. The second-order valence-electron chi connectivity index (χ2n) is 3.87. The molecular weight excluding hydrogens is 234 g/mol. The lowest BCUT2D eigenvalue weighted by atomic mass is 10.3. The zero-order chi connectivity index (χ0) is 12.1. The van der Waals surface area contributed by atoms with Gasteiger partial charge in [-0.15, -0.1) is 11.3 Å². The van der Waals surface area contributed by atoms with Crippen molar-refractivity contribution in [2.24, 2.45) is 0 Å². The fourth-order valence-corrected chi connectivity index (χ4v) is 2.34. The molecule has 1 N–H and O–H groups in total. The first-order valence-corrected chi connectivity index (χ1v) is 6.49. The molecule has 2 rings (SSSR count). The third kappa shape index (κ3) is 3.31. The lowest BCUT2D eigenvalue weighted by molar-refractivity contribution is 0.183. The molecule has 0 radical (unpaired) electrons. The summed E-state index contributed by atoms with van der Waals surface area (Å²) >= 11 is 1.76. The number of nitrogens with one attached hydrogen (secondary N) is 1. The highest BCUT2D eigenvalue weighted by Crippen LogP contribution is 2.22. The van der Waals surface area contributed by atoms with Crippen molar-refractivity contribution in [2.45, 2.75) is 19.5 Å². The Bertz CT molecular complexity index is 438. The van der Waals surface area contributed by atoms with Gasteiger partial charge >= 0.3 is 0 Å². The summed E-state index contributed by atoms with van der Waals surface area (Å²) in [7, 11) is 1.70. The van der Waals surface area contributed by atoms with Crippen LogP contribution in [0.1, 0.15) is 17.8 Å². The second kappa shape index (κ2) is 5.84. The van der Waals surface area contributed by atoms with Crippen molar-refractivity contribution in [3.8, 4) is 0 Å². The van der Waals surface area contributed by atoms with E-state index < -0.39 is 0 Å². The summed E-state index contributed by atoms with van der Waals surface area (Å²) in [5, 5.41) is 9.79. The van der Waals surface area contributed by atoms with Crippen LogP contribution >= 0.6 is 11.3 Å². The van der Waals surface area contributed by atoms with Gasteiger partial charge in [-0.05, 0) is 18.4 Å². The van der Waals surface area contributed by atoms with E-state index in [4.69, 9.17) is 4.74 Å². The number of rotatable bonds is 6. The summed E-state index contributed by atoms with van der Waals surface area (Å²) in [4.78, 5) is 1.33. The van der Waals surface area contributed by atoms with E-state index in [9.17, 15) is 0 Å². The summed E-state index contributed by atoms with van der Waals surface area (Å²) in [5.74, 6) is 0. The normalized spacial score (nSPS) is 12.6. The molecular formula is C12H17N3OS. The maximum absolute atomic E-state index is 5.02. The summed E-state index contributed by atoms with van der Waals surface area (Å²) in [5.41, 5.74) is 1.04. The molecule has 1 unspecified atom stereocenters. The van der Waals surface area contributed by atoms with Crippen LogP contribution in [-0.2, 0) is 11.3 Å². The van der Waals surface area contributed by atoms with Crippen LogP contribution in [0.5, 0.6) is 0 Å². The highest BCUT2D eigenvalue weighted by molar-refractivity contribution is 7.10. The smallest absolute Gasteiger partial charge is 0.0731 e. The molecule has 0 saturated heterocycles. The molecule has 0 fully saturated rings. The Morgan fingerprint density at radius 1 is 1.59 bits per heavy atom. The molecule has 92 valence electrons. The number of thiophene rings is 1. The fourth-order valence-electron chi connectivity index (χ4n) is 1.60. The largest absolute Gasteiger partial charge is 0.383 e. The topological polar surface area (TPSA) is 39.1 Å². The van der Waals surface area contributed by atoms with Crippen molar-refractivity contribution in [1.82, 2.24) is 9.78 Å². The van der Waals surface area contributed by atoms with Gasteiger partial charge in [0.2, 0.25) is 0 Å². The number of aromatic nitrogens is 2. The van der Waals surface area contributed by atoms with Crippen molar-refractivity contribution in [2.75, 3.05) is 19.0 Å². The molecule has 2 heterocycles. The van der Waals surface area contributed by atoms with Gasteiger partial charge in [-0.1, -0.05) is 6.07 Å². The number of methoxy groups -OCH3 is 1. The van der Waals surface area contributed by atoms with E-state index in [1.807, 2.05) is 17.1 Å². The van der Waals surface area contributed by atoms with Crippen molar-refractivity contribution < 1.29 is 4.74 Å². The standard InChI is InChI=1S/C12H17N3OS/c1-10(12-4-3-7-17-12)14-11-8-13-15(9-11)5-6-16-2/h3-4,7-10,14H,5-6H2,1-2H3. The van der Waals surface area contributed by atoms with Crippen molar-refractivity contribution in [1.29, 1.82) is 0 Å². The van der Waals surface area contributed by atoms with E-state index in [1.165, 1.54) is 4.88 Å². The van der Waals surface area contributed by atoms with Gasteiger partial charge in [-0.2, -0.15) is 5.10 Å². The van der Waals surface area contributed by atoms with E-state index in [0.29, 0.717) is 12.6 Å².